The van der Waals surface area contributed by atoms with Gasteiger partial charge in [-0.1, -0.05) is 0 Å². The number of benzene rings is 2. The first-order valence-corrected chi connectivity index (χ1v) is 5.85. The van der Waals surface area contributed by atoms with E-state index in [4.69, 9.17) is 15.1 Å². The van der Waals surface area contributed by atoms with Crippen molar-refractivity contribution in [2.24, 2.45) is 0 Å². The van der Waals surface area contributed by atoms with Crippen LogP contribution in [-0.4, -0.2) is 11.1 Å². The van der Waals surface area contributed by atoms with Gasteiger partial charge >= 0.3 is 5.97 Å². The number of hydrogen-bond acceptors (Lipinski definition) is 3. The van der Waals surface area contributed by atoms with Crippen LogP contribution >= 0.6 is 0 Å². The van der Waals surface area contributed by atoms with Gasteiger partial charge in [-0.3, -0.25) is 0 Å². The normalized spacial score (nSPS) is 9.95. The third-order valence-corrected chi connectivity index (χ3v) is 2.74. The molecule has 0 spiro atoms. The van der Waals surface area contributed by atoms with E-state index in [2.05, 4.69) is 0 Å². The molecular weight excluding hydrogens is 280 g/mol. The van der Waals surface area contributed by atoms with Gasteiger partial charge in [0.15, 0.2) is 0 Å². The highest BCUT2D eigenvalue weighted by Gasteiger charge is 2.11. The first kappa shape index (κ1) is 14.5. The Hall–Kier alpha value is -2.94. The van der Waals surface area contributed by atoms with Gasteiger partial charge in [0.1, 0.15) is 24.0 Å². The van der Waals surface area contributed by atoms with Gasteiger partial charge in [0.25, 0.3) is 0 Å². The van der Waals surface area contributed by atoms with Crippen molar-refractivity contribution in [1.29, 1.82) is 5.26 Å². The van der Waals surface area contributed by atoms with Crippen molar-refractivity contribution in [2.75, 3.05) is 0 Å². The first-order chi connectivity index (χ1) is 10.0. The standard InChI is InChI=1S/C15H9F2NO3/c16-13-4-1-9(7-18)5-10(13)8-21-11-2-3-12(15(19)20)14(17)6-11/h1-6H,8H2,(H,19,20). The number of carbonyl (C=O) groups is 1. The molecule has 106 valence electrons. The van der Waals surface area contributed by atoms with Crippen LogP contribution in [-0.2, 0) is 6.61 Å². The fourth-order valence-electron chi connectivity index (χ4n) is 1.68. The molecule has 0 radical (unpaired) electrons. The Morgan fingerprint density at radius 1 is 1.19 bits per heavy atom. The highest BCUT2D eigenvalue weighted by molar-refractivity contribution is 5.88. The second kappa shape index (κ2) is 6.01. The monoisotopic (exact) mass is 289 g/mol. The Morgan fingerprint density at radius 2 is 1.95 bits per heavy atom. The third kappa shape index (κ3) is 3.34. The van der Waals surface area contributed by atoms with E-state index in [0.717, 1.165) is 18.2 Å². The molecule has 2 aromatic rings. The average Bonchev–Trinajstić information content (AvgIpc) is 2.46. The molecule has 0 atom stereocenters. The van der Waals surface area contributed by atoms with E-state index in [1.54, 1.807) is 0 Å². The summed E-state index contributed by atoms with van der Waals surface area (Å²) in [5.74, 6) is -2.80. The molecule has 0 aliphatic heterocycles. The lowest BCUT2D eigenvalue weighted by Gasteiger charge is -2.08. The SMILES string of the molecule is N#Cc1ccc(F)c(COc2ccc(C(=O)O)c(F)c2)c1. The minimum Gasteiger partial charge on any atom is -0.489 e. The van der Waals surface area contributed by atoms with Crippen LogP contribution in [0.3, 0.4) is 0 Å². The van der Waals surface area contributed by atoms with Crippen molar-refractivity contribution >= 4 is 5.97 Å². The predicted molar refractivity (Wildman–Crippen MR) is 68.8 cm³/mol. The van der Waals surface area contributed by atoms with Crippen LogP contribution in [0.1, 0.15) is 21.5 Å². The van der Waals surface area contributed by atoms with Crippen LogP contribution in [0.15, 0.2) is 36.4 Å². The van der Waals surface area contributed by atoms with Gasteiger partial charge in [0.05, 0.1) is 17.2 Å². The number of ether oxygens (including phenoxy) is 1. The highest BCUT2D eigenvalue weighted by Crippen LogP contribution is 2.19. The number of halogens is 2. The van der Waals surface area contributed by atoms with Crippen molar-refractivity contribution in [2.45, 2.75) is 6.61 Å². The lowest BCUT2D eigenvalue weighted by Crippen LogP contribution is -2.03. The zero-order chi connectivity index (χ0) is 15.4. The van der Waals surface area contributed by atoms with Gasteiger partial charge in [0.2, 0.25) is 0 Å². The lowest BCUT2D eigenvalue weighted by atomic mass is 10.1. The molecule has 0 heterocycles. The molecule has 0 aliphatic carbocycles. The van der Waals surface area contributed by atoms with Crippen molar-refractivity contribution < 1.29 is 23.4 Å². The van der Waals surface area contributed by atoms with Gasteiger partial charge in [0, 0.05) is 11.6 Å². The minimum absolute atomic E-state index is 0.0688. The number of hydrogen-bond donors (Lipinski definition) is 1. The summed E-state index contributed by atoms with van der Waals surface area (Å²) in [5, 5.41) is 17.4. The lowest BCUT2D eigenvalue weighted by molar-refractivity contribution is 0.0692. The second-order valence-corrected chi connectivity index (χ2v) is 4.15. The molecule has 0 aliphatic rings. The number of aromatic carboxylic acids is 1. The number of nitriles is 1. The quantitative estimate of drug-likeness (QED) is 0.938. The maximum Gasteiger partial charge on any atom is 0.338 e. The van der Waals surface area contributed by atoms with E-state index in [-0.39, 0.29) is 23.5 Å². The van der Waals surface area contributed by atoms with E-state index >= 15 is 0 Å². The molecule has 4 nitrogen and oxygen atoms in total. The third-order valence-electron chi connectivity index (χ3n) is 2.74. The Bertz CT molecular complexity index is 738. The predicted octanol–water partition coefficient (Wildman–Crippen LogP) is 3.11. The van der Waals surface area contributed by atoms with E-state index in [9.17, 15) is 13.6 Å². The summed E-state index contributed by atoms with van der Waals surface area (Å²) >= 11 is 0. The summed E-state index contributed by atoms with van der Waals surface area (Å²) in [7, 11) is 0. The minimum atomic E-state index is -1.38. The molecule has 0 bridgehead atoms. The van der Waals surface area contributed by atoms with Crippen LogP contribution in [0.4, 0.5) is 8.78 Å². The Labute approximate surface area is 118 Å². The highest BCUT2D eigenvalue weighted by atomic mass is 19.1. The molecule has 1 N–H and O–H groups in total. The summed E-state index contributed by atoms with van der Waals surface area (Å²) < 4.78 is 32.2. The summed E-state index contributed by atoms with van der Waals surface area (Å²) in [5.41, 5.74) is -0.0424. The Kier molecular flexibility index (Phi) is 4.14. The zero-order valence-corrected chi connectivity index (χ0v) is 10.6. The van der Waals surface area contributed by atoms with E-state index in [0.29, 0.717) is 0 Å². The van der Waals surface area contributed by atoms with Crippen molar-refractivity contribution in [3.8, 4) is 11.8 Å². The fraction of sp³-hybridized carbons (Fsp3) is 0.0667. The molecule has 6 heteroatoms. The average molecular weight is 289 g/mol. The number of nitrogens with zero attached hydrogens (tertiary/aromatic N) is 1. The number of carboxylic acids is 1. The van der Waals surface area contributed by atoms with E-state index in [1.807, 2.05) is 6.07 Å². The number of carboxylic acid groups (broad SMARTS) is 1. The molecule has 2 aromatic carbocycles. The summed E-state index contributed by atoms with van der Waals surface area (Å²) in [6, 6.07) is 8.94. The van der Waals surface area contributed by atoms with Crippen LogP contribution in [0, 0.1) is 23.0 Å². The van der Waals surface area contributed by atoms with Gasteiger partial charge in [-0.15, -0.1) is 0 Å². The molecule has 2 rings (SSSR count). The largest absolute Gasteiger partial charge is 0.489 e. The molecular formula is C15H9F2NO3. The summed E-state index contributed by atoms with van der Waals surface area (Å²) in [6.07, 6.45) is 0. The van der Waals surface area contributed by atoms with Gasteiger partial charge < -0.3 is 9.84 Å². The molecule has 0 unspecified atom stereocenters. The number of rotatable bonds is 4. The summed E-state index contributed by atoms with van der Waals surface area (Å²) in [4.78, 5) is 10.7. The molecule has 0 saturated heterocycles. The van der Waals surface area contributed by atoms with Crippen LogP contribution in [0.2, 0.25) is 0 Å². The zero-order valence-electron chi connectivity index (χ0n) is 10.6. The van der Waals surface area contributed by atoms with Gasteiger partial charge in [-0.05, 0) is 30.3 Å². The van der Waals surface area contributed by atoms with Crippen LogP contribution < -0.4 is 4.74 Å². The molecule has 0 fully saturated rings. The molecule has 0 aromatic heterocycles. The Balaban J connectivity index is 2.15. The van der Waals surface area contributed by atoms with Crippen molar-refractivity contribution in [1.82, 2.24) is 0 Å². The van der Waals surface area contributed by atoms with Crippen LogP contribution in [0.5, 0.6) is 5.75 Å². The second-order valence-electron chi connectivity index (χ2n) is 4.15. The molecule has 0 saturated carbocycles. The van der Waals surface area contributed by atoms with Crippen LogP contribution in [0.25, 0.3) is 0 Å². The smallest absolute Gasteiger partial charge is 0.338 e. The van der Waals surface area contributed by atoms with Crippen molar-refractivity contribution in [3.63, 3.8) is 0 Å². The van der Waals surface area contributed by atoms with E-state index < -0.39 is 23.2 Å². The van der Waals surface area contributed by atoms with Gasteiger partial charge in [-0.25, -0.2) is 13.6 Å². The Morgan fingerprint density at radius 3 is 2.57 bits per heavy atom. The fourth-order valence-corrected chi connectivity index (χ4v) is 1.68. The maximum absolute atomic E-state index is 13.5. The first-order valence-electron chi connectivity index (χ1n) is 5.85. The molecule has 21 heavy (non-hydrogen) atoms. The topological polar surface area (TPSA) is 70.3 Å². The maximum atomic E-state index is 13.5. The molecule has 0 amide bonds. The summed E-state index contributed by atoms with van der Waals surface area (Å²) in [6.45, 7) is -0.201. The van der Waals surface area contributed by atoms with E-state index in [1.165, 1.54) is 18.2 Å². The van der Waals surface area contributed by atoms with Gasteiger partial charge in [-0.2, -0.15) is 5.26 Å². The van der Waals surface area contributed by atoms with Crippen molar-refractivity contribution in [3.05, 3.63) is 64.7 Å².